The minimum absolute atomic E-state index is 0.495. The zero-order valence-electron chi connectivity index (χ0n) is 8.19. The molecule has 0 aromatic heterocycles. The summed E-state index contributed by atoms with van der Waals surface area (Å²) < 4.78 is 0. The van der Waals surface area contributed by atoms with Crippen LogP contribution in [-0.2, 0) is 0 Å². The third-order valence-corrected chi connectivity index (χ3v) is 6.56. The minimum atomic E-state index is -0.658. The molecule has 6 unspecified atom stereocenters. The molecule has 2 heteroatoms. The Balaban J connectivity index is 1.79. The Morgan fingerprint density at radius 3 is 1.93 bits per heavy atom. The summed E-state index contributed by atoms with van der Waals surface area (Å²) in [5.41, 5.74) is -1.32. The zero-order valence-corrected chi connectivity index (χ0v) is 8.19. The predicted molar refractivity (Wildman–Crippen MR) is 49.3 cm³/mol. The van der Waals surface area contributed by atoms with Gasteiger partial charge in [0.15, 0.2) is 0 Å². The quantitative estimate of drug-likeness (QED) is 0.595. The van der Waals surface area contributed by atoms with Crippen LogP contribution >= 0.6 is 0 Å². The van der Waals surface area contributed by atoms with E-state index in [0.29, 0.717) is 17.8 Å². The van der Waals surface area contributed by atoms with E-state index >= 15 is 0 Å². The van der Waals surface area contributed by atoms with Gasteiger partial charge in [-0.3, -0.25) is 0 Å². The first-order valence-corrected chi connectivity index (χ1v) is 6.13. The third kappa shape index (κ3) is 0.409. The Labute approximate surface area is 83.3 Å². The normalized spacial score (nSPS) is 81.0. The van der Waals surface area contributed by atoms with Gasteiger partial charge in [0.1, 0.15) is 0 Å². The highest BCUT2D eigenvalue weighted by atomic mass is 16.4. The standard InChI is InChI=1S/C12H16O2/c13-11-2-1-3-12(11,14)10-6-4-5-7(8(5)10)9(6)11/h5-10,13-14H,1-4H2/t5?,6?,7?,8?,9?,10?,11-,12+. The summed E-state index contributed by atoms with van der Waals surface area (Å²) in [5.74, 6) is 4.26. The molecule has 0 heterocycles. The summed E-state index contributed by atoms with van der Waals surface area (Å²) in [7, 11) is 0. The highest BCUT2D eigenvalue weighted by Gasteiger charge is 2.88. The molecule has 8 atom stereocenters. The van der Waals surface area contributed by atoms with Crippen molar-refractivity contribution in [3.8, 4) is 0 Å². The van der Waals surface area contributed by atoms with E-state index < -0.39 is 11.2 Å². The number of hydrogen-bond acceptors (Lipinski definition) is 2. The molecule has 2 nitrogen and oxygen atoms in total. The maximum atomic E-state index is 10.7. The number of aliphatic hydroxyl groups is 2. The van der Waals surface area contributed by atoms with Gasteiger partial charge in [-0.05, 0) is 61.2 Å². The van der Waals surface area contributed by atoms with E-state index in [-0.39, 0.29) is 0 Å². The fourth-order valence-electron chi connectivity index (χ4n) is 6.47. The Bertz CT molecular complexity index is 324. The molecule has 76 valence electrons. The Kier molecular flexibility index (Phi) is 0.825. The van der Waals surface area contributed by atoms with Crippen LogP contribution in [0.4, 0.5) is 0 Å². The van der Waals surface area contributed by atoms with Crippen molar-refractivity contribution < 1.29 is 10.2 Å². The smallest absolute Gasteiger partial charge is 0.0969 e. The van der Waals surface area contributed by atoms with Crippen molar-refractivity contribution in [3.63, 3.8) is 0 Å². The first kappa shape index (κ1) is 7.24. The van der Waals surface area contributed by atoms with Crippen LogP contribution in [0.1, 0.15) is 25.7 Å². The summed E-state index contributed by atoms with van der Waals surface area (Å²) in [6.07, 6.45) is 4.11. The molecule has 6 bridgehead atoms. The molecule has 0 spiro atoms. The zero-order chi connectivity index (χ0) is 9.29. The summed E-state index contributed by atoms with van der Waals surface area (Å²) in [5, 5.41) is 21.4. The highest BCUT2D eigenvalue weighted by molar-refractivity contribution is 5.37. The van der Waals surface area contributed by atoms with Gasteiger partial charge in [0.25, 0.3) is 0 Å². The van der Waals surface area contributed by atoms with Crippen molar-refractivity contribution >= 4 is 0 Å². The molecule has 2 N–H and O–H groups in total. The summed E-state index contributed by atoms with van der Waals surface area (Å²) in [4.78, 5) is 0. The van der Waals surface area contributed by atoms with E-state index in [1.807, 2.05) is 0 Å². The van der Waals surface area contributed by atoms with Gasteiger partial charge < -0.3 is 10.2 Å². The summed E-state index contributed by atoms with van der Waals surface area (Å²) in [6.45, 7) is 0. The largest absolute Gasteiger partial charge is 0.387 e. The number of fused-ring (bicyclic) bond motifs is 1. The molecule has 0 aromatic rings. The fraction of sp³-hybridized carbons (Fsp3) is 1.00. The lowest BCUT2D eigenvalue weighted by Gasteiger charge is -2.41. The van der Waals surface area contributed by atoms with Crippen LogP contribution in [-0.4, -0.2) is 21.4 Å². The van der Waals surface area contributed by atoms with E-state index in [1.165, 1.54) is 6.42 Å². The second kappa shape index (κ2) is 1.60. The molecule has 6 fully saturated rings. The maximum absolute atomic E-state index is 10.7. The molecule has 6 rings (SSSR count). The van der Waals surface area contributed by atoms with Gasteiger partial charge in [-0.1, -0.05) is 0 Å². The molecule has 14 heavy (non-hydrogen) atoms. The van der Waals surface area contributed by atoms with E-state index in [2.05, 4.69) is 0 Å². The molecular formula is C12H16O2. The van der Waals surface area contributed by atoms with Gasteiger partial charge in [0, 0.05) is 0 Å². The van der Waals surface area contributed by atoms with Gasteiger partial charge in [0.2, 0.25) is 0 Å². The van der Waals surface area contributed by atoms with Crippen LogP contribution in [0.15, 0.2) is 0 Å². The van der Waals surface area contributed by atoms with Crippen LogP contribution in [0.25, 0.3) is 0 Å². The molecule has 0 radical (unpaired) electrons. The number of hydrogen-bond donors (Lipinski definition) is 2. The van der Waals surface area contributed by atoms with Crippen LogP contribution in [0.3, 0.4) is 0 Å². The topological polar surface area (TPSA) is 40.5 Å². The molecular weight excluding hydrogens is 176 g/mol. The molecule has 0 aromatic carbocycles. The van der Waals surface area contributed by atoms with Crippen LogP contribution in [0.5, 0.6) is 0 Å². The molecule has 0 amide bonds. The highest BCUT2D eigenvalue weighted by Crippen LogP contribution is 2.86. The first-order chi connectivity index (χ1) is 6.68. The van der Waals surface area contributed by atoms with Crippen molar-refractivity contribution in [3.05, 3.63) is 0 Å². The van der Waals surface area contributed by atoms with E-state index in [1.54, 1.807) is 0 Å². The fourth-order valence-corrected chi connectivity index (χ4v) is 6.47. The van der Waals surface area contributed by atoms with Gasteiger partial charge in [-0.2, -0.15) is 0 Å². The van der Waals surface area contributed by atoms with Crippen molar-refractivity contribution in [2.45, 2.75) is 36.9 Å². The van der Waals surface area contributed by atoms with E-state index in [4.69, 9.17) is 0 Å². The second-order valence-corrected chi connectivity index (χ2v) is 6.47. The van der Waals surface area contributed by atoms with E-state index in [9.17, 15) is 10.2 Å². The third-order valence-electron chi connectivity index (χ3n) is 6.56. The van der Waals surface area contributed by atoms with Crippen molar-refractivity contribution in [2.75, 3.05) is 0 Å². The lowest BCUT2D eigenvalue weighted by atomic mass is 9.74. The Hall–Kier alpha value is -0.0800. The molecule has 6 aliphatic carbocycles. The van der Waals surface area contributed by atoms with Gasteiger partial charge in [-0.25, -0.2) is 0 Å². The molecule has 6 saturated carbocycles. The Morgan fingerprint density at radius 1 is 0.857 bits per heavy atom. The first-order valence-electron chi connectivity index (χ1n) is 6.13. The van der Waals surface area contributed by atoms with Gasteiger partial charge in [0.05, 0.1) is 11.2 Å². The molecule has 6 aliphatic rings. The summed E-state index contributed by atoms with van der Waals surface area (Å²) >= 11 is 0. The predicted octanol–water partition coefficient (Wildman–Crippen LogP) is 0.774. The lowest BCUT2D eigenvalue weighted by molar-refractivity contribution is -0.163. The lowest BCUT2D eigenvalue weighted by Crippen LogP contribution is -2.54. The van der Waals surface area contributed by atoms with Crippen molar-refractivity contribution in [1.82, 2.24) is 0 Å². The van der Waals surface area contributed by atoms with Crippen LogP contribution in [0.2, 0.25) is 0 Å². The number of rotatable bonds is 0. The van der Waals surface area contributed by atoms with Crippen LogP contribution < -0.4 is 0 Å². The monoisotopic (exact) mass is 192 g/mol. The van der Waals surface area contributed by atoms with Crippen molar-refractivity contribution in [1.29, 1.82) is 0 Å². The van der Waals surface area contributed by atoms with Gasteiger partial charge in [-0.15, -0.1) is 0 Å². The SMILES string of the molecule is O[C@@]12CCC[C@]1(O)C1C3CC4C(C41)C32. The maximum Gasteiger partial charge on any atom is 0.0969 e. The molecule has 0 saturated heterocycles. The average Bonchev–Trinajstić information content (AvgIpc) is 2.62. The second-order valence-electron chi connectivity index (χ2n) is 6.47. The summed E-state index contributed by atoms with van der Waals surface area (Å²) in [6, 6.07) is 0. The van der Waals surface area contributed by atoms with E-state index in [0.717, 1.165) is 37.0 Å². The molecule has 0 aliphatic heterocycles. The Morgan fingerprint density at radius 2 is 1.43 bits per heavy atom. The van der Waals surface area contributed by atoms with Crippen LogP contribution in [0, 0.1) is 35.5 Å². The average molecular weight is 192 g/mol. The van der Waals surface area contributed by atoms with Gasteiger partial charge >= 0.3 is 0 Å². The van der Waals surface area contributed by atoms with Crippen molar-refractivity contribution in [2.24, 2.45) is 35.5 Å². The minimum Gasteiger partial charge on any atom is -0.387 e.